The van der Waals surface area contributed by atoms with E-state index in [9.17, 15) is 9.59 Å². The fraction of sp³-hybridized carbons (Fsp3) is 0.385. The summed E-state index contributed by atoms with van der Waals surface area (Å²) in [5, 5.41) is 0. The molecule has 0 fully saturated rings. The number of ether oxygens (including phenoxy) is 2. The van der Waals surface area contributed by atoms with Crippen molar-refractivity contribution in [1.82, 2.24) is 4.90 Å². The van der Waals surface area contributed by atoms with Gasteiger partial charge in [0.2, 0.25) is 0 Å². The molecule has 2 amide bonds. The highest BCUT2D eigenvalue weighted by atomic mass is 35.5. The molecule has 0 saturated carbocycles. The molecular formula is C13H14ClNO4. The van der Waals surface area contributed by atoms with Gasteiger partial charge in [0.1, 0.15) is 0 Å². The highest BCUT2D eigenvalue weighted by Gasteiger charge is 2.38. The van der Waals surface area contributed by atoms with Crippen molar-refractivity contribution in [2.45, 2.75) is 6.42 Å². The maximum atomic E-state index is 12.3. The Hall–Kier alpha value is -1.75. The van der Waals surface area contributed by atoms with Gasteiger partial charge >= 0.3 is 0 Å². The second-order valence-corrected chi connectivity index (χ2v) is 4.41. The third-order valence-electron chi connectivity index (χ3n) is 3.00. The molecule has 0 spiro atoms. The molecule has 1 heterocycles. The summed E-state index contributed by atoms with van der Waals surface area (Å²) in [6.45, 7) is 0.307. The van der Waals surface area contributed by atoms with Gasteiger partial charge in [0, 0.05) is 12.4 Å². The van der Waals surface area contributed by atoms with Crippen LogP contribution >= 0.6 is 11.6 Å². The molecular weight excluding hydrogens is 270 g/mol. The normalized spacial score (nSPS) is 13.7. The van der Waals surface area contributed by atoms with E-state index in [0.717, 1.165) is 0 Å². The van der Waals surface area contributed by atoms with Crippen molar-refractivity contribution in [3.63, 3.8) is 0 Å². The van der Waals surface area contributed by atoms with E-state index in [4.69, 9.17) is 21.1 Å². The average molecular weight is 284 g/mol. The second-order valence-electron chi connectivity index (χ2n) is 4.03. The van der Waals surface area contributed by atoms with Crippen LogP contribution in [0.25, 0.3) is 0 Å². The molecule has 19 heavy (non-hydrogen) atoms. The summed E-state index contributed by atoms with van der Waals surface area (Å²) in [6, 6.07) is 3.20. The summed E-state index contributed by atoms with van der Waals surface area (Å²) in [7, 11) is 2.92. The molecule has 0 N–H and O–H groups in total. The molecule has 2 rings (SSSR count). The number of nitrogens with zero attached hydrogens (tertiary/aromatic N) is 1. The maximum Gasteiger partial charge on any atom is 0.265 e. The van der Waals surface area contributed by atoms with Crippen molar-refractivity contribution in [1.29, 1.82) is 0 Å². The number of imide groups is 1. The lowest BCUT2D eigenvalue weighted by molar-refractivity contribution is 0.0654. The molecule has 0 aliphatic carbocycles. The molecule has 1 aromatic rings. The smallest absolute Gasteiger partial charge is 0.265 e. The molecule has 102 valence electrons. The van der Waals surface area contributed by atoms with Crippen LogP contribution in [0.5, 0.6) is 11.5 Å². The van der Waals surface area contributed by atoms with E-state index in [0.29, 0.717) is 35.9 Å². The SMILES string of the molecule is COc1ccc2c(c1OC)C(=O)N(CCCCl)C2=O. The van der Waals surface area contributed by atoms with Crippen molar-refractivity contribution in [3.05, 3.63) is 23.3 Å². The van der Waals surface area contributed by atoms with Crippen LogP contribution in [0.3, 0.4) is 0 Å². The van der Waals surface area contributed by atoms with Gasteiger partial charge < -0.3 is 9.47 Å². The highest BCUT2D eigenvalue weighted by molar-refractivity contribution is 6.23. The molecule has 1 aliphatic heterocycles. The maximum absolute atomic E-state index is 12.3. The fourth-order valence-electron chi connectivity index (χ4n) is 2.11. The minimum atomic E-state index is -0.360. The zero-order valence-corrected chi connectivity index (χ0v) is 11.5. The summed E-state index contributed by atoms with van der Waals surface area (Å²) in [6.07, 6.45) is 0.562. The summed E-state index contributed by atoms with van der Waals surface area (Å²) in [4.78, 5) is 25.6. The standard InChI is InChI=1S/C13H14ClNO4/c1-18-9-5-4-8-10(11(9)19-2)13(17)15(12(8)16)7-3-6-14/h4-5H,3,6-7H2,1-2H3. The minimum Gasteiger partial charge on any atom is -0.493 e. The van der Waals surface area contributed by atoms with E-state index in [1.807, 2.05) is 0 Å². The number of hydrogen-bond donors (Lipinski definition) is 0. The lowest BCUT2D eigenvalue weighted by atomic mass is 10.1. The van der Waals surface area contributed by atoms with Crippen molar-refractivity contribution >= 4 is 23.4 Å². The number of carbonyl (C=O) groups excluding carboxylic acids is 2. The van der Waals surface area contributed by atoms with Crippen LogP contribution in [0.2, 0.25) is 0 Å². The number of methoxy groups -OCH3 is 2. The Bertz CT molecular complexity index is 530. The largest absolute Gasteiger partial charge is 0.493 e. The zero-order valence-electron chi connectivity index (χ0n) is 10.7. The molecule has 1 aliphatic rings. The molecule has 0 saturated heterocycles. The first-order chi connectivity index (χ1) is 9.15. The molecule has 0 unspecified atom stereocenters. The van der Waals surface area contributed by atoms with Gasteiger partial charge in [0.15, 0.2) is 11.5 Å². The van der Waals surface area contributed by atoms with E-state index in [2.05, 4.69) is 0 Å². The van der Waals surface area contributed by atoms with Gasteiger partial charge in [0.05, 0.1) is 25.3 Å². The third-order valence-corrected chi connectivity index (χ3v) is 3.26. The molecule has 0 atom stereocenters. The van der Waals surface area contributed by atoms with Gasteiger partial charge in [-0.3, -0.25) is 14.5 Å². The lowest BCUT2D eigenvalue weighted by Gasteiger charge is -2.12. The Kier molecular flexibility index (Phi) is 3.95. The first-order valence-electron chi connectivity index (χ1n) is 5.82. The molecule has 0 bridgehead atoms. The van der Waals surface area contributed by atoms with Gasteiger partial charge in [-0.2, -0.15) is 0 Å². The minimum absolute atomic E-state index is 0.265. The number of carbonyl (C=O) groups is 2. The first-order valence-corrected chi connectivity index (χ1v) is 6.36. The van der Waals surface area contributed by atoms with E-state index < -0.39 is 0 Å². The Morgan fingerprint density at radius 2 is 1.89 bits per heavy atom. The van der Waals surface area contributed by atoms with Crippen LogP contribution < -0.4 is 9.47 Å². The van der Waals surface area contributed by atoms with Gasteiger partial charge in [-0.25, -0.2) is 0 Å². The van der Waals surface area contributed by atoms with Crippen LogP contribution in [0.15, 0.2) is 12.1 Å². The molecule has 0 aromatic heterocycles. The Balaban J connectivity index is 2.47. The predicted octanol–water partition coefficient (Wildman–Crippen LogP) is 1.93. The Labute approximate surface area is 116 Å². The van der Waals surface area contributed by atoms with E-state index in [1.54, 1.807) is 12.1 Å². The van der Waals surface area contributed by atoms with Crippen LogP contribution in [0.1, 0.15) is 27.1 Å². The van der Waals surface area contributed by atoms with E-state index in [1.165, 1.54) is 19.1 Å². The van der Waals surface area contributed by atoms with Gasteiger partial charge in [-0.15, -0.1) is 11.6 Å². The number of halogens is 1. The number of alkyl halides is 1. The van der Waals surface area contributed by atoms with Crippen molar-refractivity contribution in [2.24, 2.45) is 0 Å². The topological polar surface area (TPSA) is 55.8 Å². The quantitative estimate of drug-likeness (QED) is 0.612. The van der Waals surface area contributed by atoms with Crippen LogP contribution in [0, 0.1) is 0 Å². The van der Waals surface area contributed by atoms with Gasteiger partial charge in [-0.1, -0.05) is 0 Å². The van der Waals surface area contributed by atoms with Gasteiger partial charge in [-0.05, 0) is 18.6 Å². The summed E-state index contributed by atoms with van der Waals surface area (Å²) >= 11 is 5.60. The van der Waals surface area contributed by atoms with Crippen molar-refractivity contribution in [2.75, 3.05) is 26.6 Å². The third kappa shape index (κ3) is 2.14. The van der Waals surface area contributed by atoms with Gasteiger partial charge in [0.25, 0.3) is 11.8 Å². The number of benzene rings is 1. The second kappa shape index (κ2) is 5.48. The number of rotatable bonds is 5. The summed E-state index contributed by atoms with van der Waals surface area (Å²) in [5.74, 6) is 0.452. The molecule has 0 radical (unpaired) electrons. The van der Waals surface area contributed by atoms with Crippen molar-refractivity contribution in [3.8, 4) is 11.5 Å². The monoisotopic (exact) mass is 283 g/mol. The predicted molar refractivity (Wildman–Crippen MR) is 70.3 cm³/mol. The molecule has 5 nitrogen and oxygen atoms in total. The number of amides is 2. The summed E-state index contributed by atoms with van der Waals surface area (Å²) in [5.41, 5.74) is 0.610. The van der Waals surface area contributed by atoms with Crippen LogP contribution in [0.4, 0.5) is 0 Å². The van der Waals surface area contributed by atoms with E-state index >= 15 is 0 Å². The van der Waals surface area contributed by atoms with Crippen molar-refractivity contribution < 1.29 is 19.1 Å². The number of fused-ring (bicyclic) bond motifs is 1. The molecule has 6 heteroatoms. The summed E-state index contributed by atoms with van der Waals surface area (Å²) < 4.78 is 10.3. The Morgan fingerprint density at radius 1 is 1.16 bits per heavy atom. The van der Waals surface area contributed by atoms with Crippen LogP contribution in [-0.4, -0.2) is 43.4 Å². The average Bonchev–Trinajstić information content (AvgIpc) is 2.68. The fourth-order valence-corrected chi connectivity index (χ4v) is 2.23. The highest BCUT2D eigenvalue weighted by Crippen LogP contribution is 2.38. The first kappa shape index (κ1) is 13.7. The van der Waals surface area contributed by atoms with Crippen LogP contribution in [-0.2, 0) is 0 Å². The number of hydrogen-bond acceptors (Lipinski definition) is 4. The Morgan fingerprint density at radius 3 is 2.47 bits per heavy atom. The zero-order chi connectivity index (χ0) is 14.0. The lowest BCUT2D eigenvalue weighted by Crippen LogP contribution is -2.30. The van der Waals surface area contributed by atoms with E-state index in [-0.39, 0.29) is 17.4 Å². The molecule has 1 aromatic carbocycles.